The molecule has 182 valence electrons. The van der Waals surface area contributed by atoms with Crippen LogP contribution in [0.4, 0.5) is 4.79 Å². The summed E-state index contributed by atoms with van der Waals surface area (Å²) in [6, 6.07) is 22.1. The molecule has 2 unspecified atom stereocenters. The number of aryl methyl sites for hydroxylation is 1. The van der Waals surface area contributed by atoms with E-state index in [9.17, 15) is 9.90 Å². The van der Waals surface area contributed by atoms with Gasteiger partial charge in [0.05, 0.1) is 23.0 Å². The van der Waals surface area contributed by atoms with E-state index in [-0.39, 0.29) is 12.1 Å². The average molecular weight is 472 g/mol. The summed E-state index contributed by atoms with van der Waals surface area (Å²) in [6.07, 6.45) is 2.88. The van der Waals surface area contributed by atoms with Crippen molar-refractivity contribution in [1.29, 1.82) is 0 Å². The maximum Gasteiger partial charge on any atom is 0.411 e. The number of ether oxygens (including phenoxy) is 1. The van der Waals surface area contributed by atoms with Gasteiger partial charge in [-0.25, -0.2) is 4.79 Å². The fourth-order valence-electron chi connectivity index (χ4n) is 5.31. The van der Waals surface area contributed by atoms with Crippen LogP contribution < -0.4 is 0 Å². The van der Waals surface area contributed by atoms with Crippen LogP contribution in [-0.4, -0.2) is 38.4 Å². The number of nitrogens with zero attached hydrogens (tertiary/aromatic N) is 3. The van der Waals surface area contributed by atoms with Crippen molar-refractivity contribution in [2.75, 3.05) is 6.54 Å². The fraction of sp³-hybridized carbons (Fsp3) is 0.414. The largest absolute Gasteiger partial charge is 0.438 e. The second-order valence-corrected chi connectivity index (χ2v) is 10.6. The van der Waals surface area contributed by atoms with E-state index >= 15 is 0 Å². The second kappa shape index (κ2) is 9.08. The molecule has 2 aliphatic rings. The number of hydrogen-bond acceptors (Lipinski definition) is 5. The molecule has 1 aromatic heterocycles. The molecule has 1 amide bonds. The van der Waals surface area contributed by atoms with Gasteiger partial charge < -0.3 is 14.7 Å². The highest BCUT2D eigenvalue weighted by atomic mass is 16.6. The molecule has 1 N–H and O–H groups in total. The first-order valence-corrected chi connectivity index (χ1v) is 12.4. The Morgan fingerprint density at radius 1 is 1.06 bits per heavy atom. The molecule has 5 rings (SSSR count). The van der Waals surface area contributed by atoms with Crippen molar-refractivity contribution in [1.82, 2.24) is 15.1 Å². The second-order valence-electron chi connectivity index (χ2n) is 10.6. The van der Waals surface area contributed by atoms with E-state index in [1.54, 1.807) is 13.8 Å². The van der Waals surface area contributed by atoms with Crippen molar-refractivity contribution in [3.8, 4) is 11.3 Å². The Morgan fingerprint density at radius 3 is 2.34 bits per heavy atom. The predicted molar refractivity (Wildman–Crippen MR) is 135 cm³/mol. The summed E-state index contributed by atoms with van der Waals surface area (Å²) < 4.78 is 6.24. The molecular weight excluding hydrogens is 438 g/mol. The van der Waals surface area contributed by atoms with Crippen molar-refractivity contribution < 1.29 is 14.6 Å². The lowest BCUT2D eigenvalue weighted by atomic mass is 9.80. The monoisotopic (exact) mass is 471 g/mol. The van der Waals surface area contributed by atoms with E-state index in [1.807, 2.05) is 54.3 Å². The first-order chi connectivity index (χ1) is 16.7. The molecule has 1 saturated heterocycles. The topological polar surface area (TPSA) is 75.6 Å². The summed E-state index contributed by atoms with van der Waals surface area (Å²) in [5.74, 6) is 0.436. The van der Waals surface area contributed by atoms with Gasteiger partial charge in [0.1, 0.15) is 5.60 Å². The normalized spacial score (nSPS) is 21.5. The van der Waals surface area contributed by atoms with Gasteiger partial charge in [-0.15, -0.1) is 0 Å². The maximum atomic E-state index is 13.5. The van der Waals surface area contributed by atoms with Crippen molar-refractivity contribution in [2.45, 2.75) is 63.7 Å². The molecular formula is C29H33N3O3. The Balaban J connectivity index is 1.40. The Kier molecular flexibility index (Phi) is 6.09. The molecule has 3 aromatic rings. The summed E-state index contributed by atoms with van der Waals surface area (Å²) >= 11 is 0. The van der Waals surface area contributed by atoms with Crippen LogP contribution in [0.3, 0.4) is 0 Å². The molecule has 2 aromatic carbocycles. The Labute approximate surface area is 207 Å². The van der Waals surface area contributed by atoms with Crippen LogP contribution in [0.25, 0.3) is 11.3 Å². The highest BCUT2D eigenvalue weighted by Crippen LogP contribution is 2.48. The number of aromatic nitrogens is 2. The van der Waals surface area contributed by atoms with Gasteiger partial charge in [0.2, 0.25) is 0 Å². The van der Waals surface area contributed by atoms with Crippen molar-refractivity contribution in [2.24, 2.45) is 5.92 Å². The predicted octanol–water partition coefficient (Wildman–Crippen LogP) is 5.80. The van der Waals surface area contributed by atoms with Crippen LogP contribution in [0, 0.1) is 12.8 Å². The lowest BCUT2D eigenvalue weighted by Crippen LogP contribution is -2.51. The summed E-state index contributed by atoms with van der Waals surface area (Å²) in [5.41, 5.74) is 2.97. The summed E-state index contributed by atoms with van der Waals surface area (Å²) in [6.45, 7) is 6.04. The molecule has 6 nitrogen and oxygen atoms in total. The number of rotatable bonds is 7. The minimum absolute atomic E-state index is 0.0171. The summed E-state index contributed by atoms with van der Waals surface area (Å²) in [4.78, 5) is 15.4. The zero-order chi connectivity index (χ0) is 24.6. The minimum Gasteiger partial charge on any atom is -0.438 e. The summed E-state index contributed by atoms with van der Waals surface area (Å²) in [5, 5.41) is 19.1. The molecule has 2 fully saturated rings. The molecule has 6 heteroatoms. The minimum atomic E-state index is -0.969. The van der Waals surface area contributed by atoms with Crippen LogP contribution in [0.5, 0.6) is 0 Å². The van der Waals surface area contributed by atoms with Gasteiger partial charge in [-0.05, 0) is 62.8 Å². The number of aliphatic hydroxyl groups is 1. The molecule has 0 bridgehead atoms. The van der Waals surface area contributed by atoms with Crippen molar-refractivity contribution in [3.05, 3.63) is 83.6 Å². The Morgan fingerprint density at radius 2 is 1.77 bits per heavy atom. The molecule has 2 heterocycles. The third-order valence-corrected chi connectivity index (χ3v) is 7.04. The van der Waals surface area contributed by atoms with Crippen LogP contribution >= 0.6 is 0 Å². The van der Waals surface area contributed by atoms with Crippen molar-refractivity contribution in [3.63, 3.8) is 0 Å². The molecule has 1 saturated carbocycles. The molecule has 35 heavy (non-hydrogen) atoms. The van der Waals surface area contributed by atoms with Gasteiger partial charge in [-0.1, -0.05) is 54.6 Å². The van der Waals surface area contributed by atoms with E-state index in [1.165, 1.54) is 0 Å². The fourth-order valence-corrected chi connectivity index (χ4v) is 5.31. The van der Waals surface area contributed by atoms with Gasteiger partial charge in [0.15, 0.2) is 0 Å². The third-order valence-electron chi connectivity index (χ3n) is 7.04. The number of hydrogen-bond donors (Lipinski definition) is 1. The zero-order valence-corrected chi connectivity index (χ0v) is 20.6. The summed E-state index contributed by atoms with van der Waals surface area (Å²) in [7, 11) is 0. The maximum absolute atomic E-state index is 13.5. The van der Waals surface area contributed by atoms with Crippen LogP contribution in [0.15, 0.2) is 66.7 Å². The highest BCUT2D eigenvalue weighted by molar-refractivity contribution is 5.70. The van der Waals surface area contributed by atoms with Gasteiger partial charge in [-0.3, -0.25) is 0 Å². The van der Waals surface area contributed by atoms with Crippen LogP contribution in [0.2, 0.25) is 0 Å². The van der Waals surface area contributed by atoms with E-state index in [0.717, 1.165) is 40.9 Å². The zero-order valence-electron chi connectivity index (χ0n) is 20.6. The Hall–Kier alpha value is -3.25. The highest BCUT2D eigenvalue weighted by Gasteiger charge is 2.49. The lowest BCUT2D eigenvalue weighted by Gasteiger charge is -2.46. The first kappa shape index (κ1) is 23.5. The van der Waals surface area contributed by atoms with Crippen LogP contribution in [0.1, 0.15) is 62.4 Å². The van der Waals surface area contributed by atoms with Crippen molar-refractivity contribution >= 4 is 6.09 Å². The lowest BCUT2D eigenvalue weighted by molar-refractivity contribution is -0.103. The molecule has 2 atom stereocenters. The number of cyclic esters (lactones) is 1. The molecule has 0 spiro atoms. The van der Waals surface area contributed by atoms with Crippen LogP contribution in [-0.2, 0) is 10.3 Å². The number of carbonyl (C=O) groups is 1. The quantitative estimate of drug-likeness (QED) is 0.471. The van der Waals surface area contributed by atoms with Gasteiger partial charge in [-0.2, -0.15) is 10.2 Å². The van der Waals surface area contributed by atoms with Gasteiger partial charge >= 0.3 is 6.09 Å². The number of carbonyl (C=O) groups excluding carboxylic acids is 1. The first-order valence-electron chi connectivity index (χ1n) is 12.4. The molecule has 1 aliphatic heterocycles. The number of benzene rings is 2. The standard InChI is InChI=1S/C29H33N3O3/c1-20-9-16-25(31-30-20)21-10-12-22(13-11-21)26(23-14-15-23)32-18-17-29(35-27(32)33,19-28(2,3)34)24-7-5-4-6-8-24/h4-13,16,23,26,34H,14-15,17-19H2,1-3H3. The average Bonchev–Trinajstić information content (AvgIpc) is 3.67. The van der Waals surface area contributed by atoms with E-state index in [0.29, 0.717) is 25.3 Å². The smallest absolute Gasteiger partial charge is 0.411 e. The third kappa shape index (κ3) is 5.08. The van der Waals surface area contributed by atoms with Gasteiger partial charge in [0.25, 0.3) is 0 Å². The molecule has 1 aliphatic carbocycles. The van der Waals surface area contributed by atoms with E-state index in [4.69, 9.17) is 4.74 Å². The van der Waals surface area contributed by atoms with Gasteiger partial charge in [0, 0.05) is 24.9 Å². The van der Waals surface area contributed by atoms with E-state index < -0.39 is 11.2 Å². The number of amides is 1. The van der Waals surface area contributed by atoms with E-state index in [2.05, 4.69) is 34.5 Å². The SMILES string of the molecule is Cc1ccc(-c2ccc(C(C3CC3)N3CCC(CC(C)(C)O)(c4ccccc4)OC3=O)cc2)nn1. The Bertz CT molecular complexity index is 1170. The molecule has 0 radical (unpaired) electrons.